The third kappa shape index (κ3) is 15.7. The minimum atomic E-state index is -1.54. The molecule has 0 amide bonds. The number of phenolic OH excluding ortho intramolecular Hbond substituents is 15. The maximum atomic E-state index is 10.2. The Balaban J connectivity index is 0. The van der Waals surface area contributed by atoms with E-state index in [1.807, 2.05) is 0 Å². The van der Waals surface area contributed by atoms with Crippen LogP contribution in [0.2, 0.25) is 0 Å². The molecule has 0 fully saturated rings. The molecule has 0 unspecified atom stereocenters. The molecular weight excluding hydrogens is 975 g/mol. The molecule has 0 aliphatic rings. The maximum Gasteiger partial charge on any atom is 3.00 e. The van der Waals surface area contributed by atoms with Crippen molar-refractivity contribution >= 4 is 29.8 Å². The Bertz CT molecular complexity index is 1940. The van der Waals surface area contributed by atoms with Crippen molar-refractivity contribution in [2.45, 2.75) is 0 Å². The van der Waals surface area contributed by atoms with E-state index < -0.39 is 144 Å². The molecular formula is C35H29LaO26. The molecule has 0 aliphatic carbocycles. The average molecular weight is 1000 g/mol. The molecule has 0 heterocycles. The number of carbonyl (C=O) groups is 5. The second-order valence-electron chi connectivity index (χ2n) is 10.8. The maximum absolute atomic E-state index is 10.2. The SMILES string of the molecule is O=C([O-])c1cc(O)c(O)c(O)c1.O=C([O-])c1cc(O)c(O)c(O)c1.O=C([O-])c1cc(O)c(O)c(O)c1.O=C([O-])c1cc(O)c(O)c(O)c1.O=C([O-])c1cc(O)c(O)c(O)c1.[La+3].[OH4+2]. The third-order valence-corrected chi connectivity index (χ3v) is 6.53. The number of carbonyl (C=O) groups excluding carboxylic acids is 5. The minimum absolute atomic E-state index is 0. The molecule has 0 saturated carbocycles. The summed E-state index contributed by atoms with van der Waals surface area (Å²) in [5.74, 6) is -18.5. The number of aromatic hydroxyl groups is 15. The quantitative estimate of drug-likeness (QED) is 0.0731. The van der Waals surface area contributed by atoms with E-state index in [0.29, 0.717) is 0 Å². The predicted molar refractivity (Wildman–Crippen MR) is 185 cm³/mol. The van der Waals surface area contributed by atoms with Crippen molar-refractivity contribution in [1.29, 1.82) is 0 Å². The molecule has 5 rings (SSSR count). The summed E-state index contributed by atoms with van der Waals surface area (Å²) in [4.78, 5) is 51.0. The van der Waals surface area contributed by atoms with E-state index in [-0.39, 0.29) is 41.1 Å². The van der Waals surface area contributed by atoms with E-state index in [1.54, 1.807) is 0 Å². The van der Waals surface area contributed by atoms with Gasteiger partial charge in [-0.15, -0.1) is 0 Å². The molecule has 26 nitrogen and oxygen atoms in total. The Morgan fingerprint density at radius 1 is 0.258 bits per heavy atom. The smallest absolute Gasteiger partial charge is 0.873 e. The predicted octanol–water partition coefficient (Wildman–Crippen LogP) is -5.36. The second kappa shape index (κ2) is 23.9. The average Bonchev–Trinajstić information content (AvgIpc) is 3.15. The number of carboxylic acids is 5. The van der Waals surface area contributed by atoms with Gasteiger partial charge < -0.3 is 132 Å². The molecule has 19 N–H and O–H groups in total. The van der Waals surface area contributed by atoms with Crippen LogP contribution in [0.5, 0.6) is 86.2 Å². The fraction of sp³-hybridized carbons (Fsp3) is 0. The summed E-state index contributed by atoms with van der Waals surface area (Å²) >= 11 is 0. The minimum Gasteiger partial charge on any atom is -0.873 e. The van der Waals surface area contributed by atoms with Gasteiger partial charge in [-0.3, -0.25) is 0 Å². The van der Waals surface area contributed by atoms with E-state index in [2.05, 4.69) is 0 Å². The standard InChI is InChI=1S/5C7H6O5.La.H4O/c5*8-4-1-3(7(11)12)2-5(9)6(4)10;;/h5*1-2,8-10H,(H,11,12);;1H4/q;;;;;+3;+2/p-5. The number of rotatable bonds is 5. The van der Waals surface area contributed by atoms with E-state index in [0.717, 1.165) is 60.7 Å². The molecule has 0 atom stereocenters. The van der Waals surface area contributed by atoms with Crippen molar-refractivity contribution in [3.8, 4) is 86.2 Å². The number of phenols is 15. The molecule has 328 valence electrons. The van der Waals surface area contributed by atoms with Gasteiger partial charge in [-0.25, -0.2) is 0 Å². The van der Waals surface area contributed by atoms with Gasteiger partial charge in [0.05, 0.1) is 29.8 Å². The molecule has 0 bridgehead atoms. The van der Waals surface area contributed by atoms with Crippen LogP contribution in [-0.2, 0) is 5.48 Å². The van der Waals surface area contributed by atoms with Crippen molar-refractivity contribution in [3.05, 3.63) is 88.5 Å². The first-order valence-corrected chi connectivity index (χ1v) is 14.9. The first-order valence-electron chi connectivity index (χ1n) is 14.9. The Labute approximate surface area is 370 Å². The van der Waals surface area contributed by atoms with Gasteiger partial charge in [0.2, 0.25) is 0 Å². The van der Waals surface area contributed by atoms with Gasteiger partial charge in [0.25, 0.3) is 0 Å². The number of aromatic carboxylic acids is 5. The van der Waals surface area contributed by atoms with Crippen LogP contribution in [0.25, 0.3) is 0 Å². The van der Waals surface area contributed by atoms with Crippen molar-refractivity contribution in [1.82, 2.24) is 0 Å². The van der Waals surface area contributed by atoms with Crippen LogP contribution in [0.3, 0.4) is 0 Å². The Kier molecular flexibility index (Phi) is 21.4. The van der Waals surface area contributed by atoms with Gasteiger partial charge in [-0.05, 0) is 60.7 Å². The van der Waals surface area contributed by atoms with Gasteiger partial charge >= 0.3 is 35.6 Å². The fourth-order valence-corrected chi connectivity index (χ4v) is 3.61. The molecule has 0 saturated heterocycles. The number of benzene rings is 5. The zero-order valence-electron chi connectivity index (χ0n) is 30.3. The summed E-state index contributed by atoms with van der Waals surface area (Å²) in [5, 5.41) is 183. The first kappa shape index (κ1) is 55.7. The van der Waals surface area contributed by atoms with Crippen LogP contribution in [-0.4, -0.2) is 106 Å². The summed E-state index contributed by atoms with van der Waals surface area (Å²) in [6, 6.07) is 7.82. The summed E-state index contributed by atoms with van der Waals surface area (Å²) in [6.07, 6.45) is 0. The summed E-state index contributed by atoms with van der Waals surface area (Å²) in [6.45, 7) is 0. The van der Waals surface area contributed by atoms with Gasteiger partial charge in [0.15, 0.2) is 86.2 Å². The van der Waals surface area contributed by atoms with Crippen LogP contribution in [0.15, 0.2) is 60.7 Å². The zero-order valence-corrected chi connectivity index (χ0v) is 34.0. The Morgan fingerprint density at radius 3 is 0.403 bits per heavy atom. The second-order valence-corrected chi connectivity index (χ2v) is 10.8. The van der Waals surface area contributed by atoms with Gasteiger partial charge in [-0.2, -0.15) is 0 Å². The molecule has 0 spiro atoms. The fourth-order valence-electron chi connectivity index (χ4n) is 3.61. The van der Waals surface area contributed by atoms with E-state index >= 15 is 0 Å². The van der Waals surface area contributed by atoms with Crippen LogP contribution in [0.1, 0.15) is 51.8 Å². The number of hydrogen-bond acceptors (Lipinski definition) is 25. The van der Waals surface area contributed by atoms with Crippen LogP contribution in [0, 0.1) is 35.6 Å². The van der Waals surface area contributed by atoms with Gasteiger partial charge in [0.1, 0.15) is 0 Å². The number of hydrogen-bond donors (Lipinski definition) is 15. The first-order chi connectivity index (χ1) is 27.6. The largest absolute Gasteiger partial charge is 3.00 e. The Hall–Kier alpha value is -8.40. The van der Waals surface area contributed by atoms with E-state index in [1.165, 1.54) is 0 Å². The van der Waals surface area contributed by atoms with E-state index in [9.17, 15) is 49.5 Å². The normalized spacial score (nSPS) is 9.35. The summed E-state index contributed by atoms with van der Waals surface area (Å²) in [7, 11) is 0. The van der Waals surface area contributed by atoms with Crippen molar-refractivity contribution < 1.29 is 167 Å². The van der Waals surface area contributed by atoms with E-state index in [4.69, 9.17) is 76.6 Å². The van der Waals surface area contributed by atoms with Crippen molar-refractivity contribution in [2.24, 2.45) is 0 Å². The molecule has 0 radical (unpaired) electrons. The summed E-state index contributed by atoms with van der Waals surface area (Å²) < 4.78 is 0. The van der Waals surface area contributed by atoms with Crippen molar-refractivity contribution in [3.63, 3.8) is 0 Å². The van der Waals surface area contributed by atoms with Gasteiger partial charge in [0, 0.05) is 27.8 Å². The topological polar surface area (TPSA) is 539 Å². The zero-order chi connectivity index (χ0) is 46.5. The monoisotopic (exact) mass is 1000 g/mol. The Morgan fingerprint density at radius 2 is 0.339 bits per heavy atom. The molecule has 5 aromatic carbocycles. The number of carboxylic acid groups (broad SMARTS) is 5. The molecule has 5 aromatic rings. The molecule has 0 aliphatic heterocycles. The molecule has 27 heteroatoms. The molecule has 0 aromatic heterocycles. The molecule has 62 heavy (non-hydrogen) atoms. The van der Waals surface area contributed by atoms with Crippen LogP contribution < -0.4 is 25.5 Å². The van der Waals surface area contributed by atoms with Gasteiger partial charge in [-0.1, -0.05) is 0 Å². The van der Waals surface area contributed by atoms with Crippen LogP contribution in [0.4, 0.5) is 0 Å². The third-order valence-electron chi connectivity index (χ3n) is 6.53. The van der Waals surface area contributed by atoms with Crippen LogP contribution >= 0.6 is 0 Å². The van der Waals surface area contributed by atoms with Crippen molar-refractivity contribution in [2.75, 3.05) is 0 Å². The summed E-state index contributed by atoms with van der Waals surface area (Å²) in [5.41, 5.74) is -2.00.